The maximum atomic E-state index is 5.88. The molecule has 1 aliphatic rings. The molecule has 0 radical (unpaired) electrons. The summed E-state index contributed by atoms with van der Waals surface area (Å²) in [5.41, 5.74) is 8.05. The van der Waals surface area contributed by atoms with Gasteiger partial charge in [0.1, 0.15) is 12.1 Å². The number of hydrogen-bond donors (Lipinski definition) is 2. The van der Waals surface area contributed by atoms with Crippen molar-refractivity contribution in [1.82, 2.24) is 9.97 Å². The Labute approximate surface area is 119 Å². The predicted molar refractivity (Wildman–Crippen MR) is 83.6 cm³/mol. The zero-order chi connectivity index (χ0) is 14.2. The van der Waals surface area contributed by atoms with Crippen molar-refractivity contribution in [2.24, 2.45) is 5.41 Å². The molecule has 0 spiro atoms. The van der Waals surface area contributed by atoms with Crippen molar-refractivity contribution >= 4 is 22.4 Å². The van der Waals surface area contributed by atoms with E-state index < -0.39 is 0 Å². The standard InChI is InChI=1S/C16H22N4/c1-16(2)7-5-12(6-8-16)20-15-13-9-11(17)3-4-14(13)18-10-19-15/h3-4,9-10,12H,5-8,17H2,1-2H3,(H,18,19,20). The van der Waals surface area contributed by atoms with Crippen LogP contribution < -0.4 is 11.1 Å². The van der Waals surface area contributed by atoms with Gasteiger partial charge in [0.2, 0.25) is 0 Å². The van der Waals surface area contributed by atoms with E-state index in [0.717, 1.165) is 22.4 Å². The molecule has 1 saturated carbocycles. The minimum Gasteiger partial charge on any atom is -0.399 e. The van der Waals surface area contributed by atoms with Crippen LogP contribution in [0.2, 0.25) is 0 Å². The van der Waals surface area contributed by atoms with Crippen LogP contribution >= 0.6 is 0 Å². The highest BCUT2D eigenvalue weighted by Crippen LogP contribution is 2.36. The van der Waals surface area contributed by atoms with Crippen molar-refractivity contribution in [2.45, 2.75) is 45.6 Å². The number of nitrogens with two attached hydrogens (primary N) is 1. The first-order chi connectivity index (χ1) is 9.53. The van der Waals surface area contributed by atoms with Crippen molar-refractivity contribution in [3.63, 3.8) is 0 Å². The van der Waals surface area contributed by atoms with E-state index in [0.29, 0.717) is 11.5 Å². The molecular formula is C16H22N4. The molecule has 2 aromatic rings. The Balaban J connectivity index is 1.83. The molecule has 0 aliphatic heterocycles. The molecule has 1 heterocycles. The molecule has 4 nitrogen and oxygen atoms in total. The monoisotopic (exact) mass is 270 g/mol. The highest BCUT2D eigenvalue weighted by Gasteiger charge is 2.27. The lowest BCUT2D eigenvalue weighted by atomic mass is 9.75. The summed E-state index contributed by atoms with van der Waals surface area (Å²) >= 11 is 0. The maximum Gasteiger partial charge on any atom is 0.137 e. The highest BCUT2D eigenvalue weighted by molar-refractivity contribution is 5.91. The number of nitrogen functional groups attached to an aromatic ring is 1. The molecule has 1 fully saturated rings. The third-order valence-electron chi connectivity index (χ3n) is 4.34. The van der Waals surface area contributed by atoms with Gasteiger partial charge in [-0.3, -0.25) is 0 Å². The largest absolute Gasteiger partial charge is 0.399 e. The predicted octanol–water partition coefficient (Wildman–Crippen LogP) is 3.59. The van der Waals surface area contributed by atoms with Gasteiger partial charge in [-0.25, -0.2) is 9.97 Å². The second-order valence-electron chi connectivity index (χ2n) is 6.58. The number of nitrogens with zero attached hydrogens (tertiary/aromatic N) is 2. The van der Waals surface area contributed by atoms with E-state index in [1.807, 2.05) is 18.2 Å². The smallest absolute Gasteiger partial charge is 0.137 e. The quantitative estimate of drug-likeness (QED) is 0.818. The normalized spacial score (nSPS) is 19.1. The Morgan fingerprint density at radius 3 is 2.70 bits per heavy atom. The van der Waals surface area contributed by atoms with Crippen molar-refractivity contribution in [3.8, 4) is 0 Å². The van der Waals surface area contributed by atoms with Crippen LogP contribution in [-0.4, -0.2) is 16.0 Å². The Kier molecular flexibility index (Phi) is 3.24. The van der Waals surface area contributed by atoms with Gasteiger partial charge in [-0.15, -0.1) is 0 Å². The lowest BCUT2D eigenvalue weighted by Gasteiger charge is -2.34. The van der Waals surface area contributed by atoms with E-state index in [2.05, 4.69) is 29.1 Å². The molecule has 0 atom stereocenters. The zero-order valence-corrected chi connectivity index (χ0v) is 12.2. The first kappa shape index (κ1) is 13.2. The van der Waals surface area contributed by atoms with E-state index in [1.165, 1.54) is 25.7 Å². The molecule has 20 heavy (non-hydrogen) atoms. The fourth-order valence-corrected chi connectivity index (χ4v) is 2.93. The van der Waals surface area contributed by atoms with Crippen molar-refractivity contribution < 1.29 is 0 Å². The van der Waals surface area contributed by atoms with Crippen LogP contribution in [-0.2, 0) is 0 Å². The van der Waals surface area contributed by atoms with Crippen LogP contribution in [0, 0.1) is 5.41 Å². The molecule has 3 rings (SSSR count). The fourth-order valence-electron chi connectivity index (χ4n) is 2.93. The number of aromatic nitrogens is 2. The molecule has 1 aliphatic carbocycles. The average molecular weight is 270 g/mol. The van der Waals surface area contributed by atoms with E-state index in [4.69, 9.17) is 5.73 Å². The summed E-state index contributed by atoms with van der Waals surface area (Å²) in [4.78, 5) is 8.69. The first-order valence-electron chi connectivity index (χ1n) is 7.30. The summed E-state index contributed by atoms with van der Waals surface area (Å²) in [6.45, 7) is 4.70. The lowest BCUT2D eigenvalue weighted by Crippen LogP contribution is -2.30. The molecule has 0 saturated heterocycles. The average Bonchev–Trinajstić information content (AvgIpc) is 2.42. The minimum atomic E-state index is 0.482. The SMILES string of the molecule is CC1(C)CCC(Nc2ncnc3ccc(N)cc23)CC1. The summed E-state index contributed by atoms with van der Waals surface area (Å²) in [6, 6.07) is 6.27. The third-order valence-corrected chi connectivity index (χ3v) is 4.34. The minimum absolute atomic E-state index is 0.482. The van der Waals surface area contributed by atoms with Crippen LogP contribution in [0.1, 0.15) is 39.5 Å². The van der Waals surface area contributed by atoms with Gasteiger partial charge in [0.25, 0.3) is 0 Å². The second kappa shape index (κ2) is 4.93. The van der Waals surface area contributed by atoms with Crippen LogP contribution in [0.15, 0.2) is 24.5 Å². The van der Waals surface area contributed by atoms with Crippen molar-refractivity contribution in [2.75, 3.05) is 11.1 Å². The van der Waals surface area contributed by atoms with Crippen LogP contribution in [0.3, 0.4) is 0 Å². The van der Waals surface area contributed by atoms with Crippen molar-refractivity contribution in [3.05, 3.63) is 24.5 Å². The summed E-state index contributed by atoms with van der Waals surface area (Å²) < 4.78 is 0. The Morgan fingerprint density at radius 2 is 1.95 bits per heavy atom. The van der Waals surface area contributed by atoms with E-state index in [9.17, 15) is 0 Å². The number of rotatable bonds is 2. The van der Waals surface area contributed by atoms with E-state index in [-0.39, 0.29) is 0 Å². The molecule has 1 aromatic heterocycles. The molecule has 0 amide bonds. The Morgan fingerprint density at radius 1 is 1.20 bits per heavy atom. The van der Waals surface area contributed by atoms with Crippen LogP contribution in [0.4, 0.5) is 11.5 Å². The second-order valence-corrected chi connectivity index (χ2v) is 6.58. The molecular weight excluding hydrogens is 248 g/mol. The topological polar surface area (TPSA) is 63.8 Å². The summed E-state index contributed by atoms with van der Waals surface area (Å²) in [5, 5.41) is 4.59. The summed E-state index contributed by atoms with van der Waals surface area (Å²) in [5.74, 6) is 0.909. The van der Waals surface area contributed by atoms with Gasteiger partial charge >= 0.3 is 0 Å². The van der Waals surface area contributed by atoms with E-state index >= 15 is 0 Å². The summed E-state index contributed by atoms with van der Waals surface area (Å²) in [6.07, 6.45) is 6.53. The molecule has 3 N–H and O–H groups in total. The molecule has 1 aromatic carbocycles. The Hall–Kier alpha value is -1.84. The maximum absolute atomic E-state index is 5.88. The highest BCUT2D eigenvalue weighted by atomic mass is 15.0. The van der Waals surface area contributed by atoms with Crippen LogP contribution in [0.25, 0.3) is 10.9 Å². The van der Waals surface area contributed by atoms with Gasteiger partial charge < -0.3 is 11.1 Å². The zero-order valence-electron chi connectivity index (χ0n) is 12.2. The molecule has 0 unspecified atom stereocenters. The number of benzene rings is 1. The van der Waals surface area contributed by atoms with Crippen molar-refractivity contribution in [1.29, 1.82) is 0 Å². The molecule has 4 heteroatoms. The van der Waals surface area contributed by atoms with Crippen LogP contribution in [0.5, 0.6) is 0 Å². The number of nitrogens with one attached hydrogen (secondary N) is 1. The first-order valence-corrected chi connectivity index (χ1v) is 7.30. The molecule has 106 valence electrons. The fraction of sp³-hybridized carbons (Fsp3) is 0.500. The van der Waals surface area contributed by atoms with Gasteiger partial charge in [-0.1, -0.05) is 13.8 Å². The number of hydrogen-bond acceptors (Lipinski definition) is 4. The van der Waals surface area contributed by atoms with E-state index in [1.54, 1.807) is 6.33 Å². The van der Waals surface area contributed by atoms with Gasteiger partial charge in [0, 0.05) is 17.1 Å². The van der Waals surface area contributed by atoms with Gasteiger partial charge in [-0.05, 0) is 49.3 Å². The third kappa shape index (κ3) is 2.69. The van der Waals surface area contributed by atoms with Gasteiger partial charge in [0.15, 0.2) is 0 Å². The lowest BCUT2D eigenvalue weighted by molar-refractivity contribution is 0.232. The summed E-state index contributed by atoms with van der Waals surface area (Å²) in [7, 11) is 0. The molecule has 0 bridgehead atoms. The number of anilines is 2. The van der Waals surface area contributed by atoms with Gasteiger partial charge in [-0.2, -0.15) is 0 Å². The Bertz CT molecular complexity index is 611. The van der Waals surface area contributed by atoms with Gasteiger partial charge in [0.05, 0.1) is 5.52 Å². The number of fused-ring (bicyclic) bond motifs is 1.